The van der Waals surface area contributed by atoms with E-state index in [-0.39, 0.29) is 16.5 Å². The summed E-state index contributed by atoms with van der Waals surface area (Å²) in [6, 6.07) is 8.68. The summed E-state index contributed by atoms with van der Waals surface area (Å²) >= 11 is 7.03. The second kappa shape index (κ2) is 8.46. The molecule has 0 unspecified atom stereocenters. The van der Waals surface area contributed by atoms with Gasteiger partial charge in [-0.15, -0.1) is 10.2 Å². The van der Waals surface area contributed by atoms with Gasteiger partial charge in [0, 0.05) is 0 Å². The van der Waals surface area contributed by atoms with Gasteiger partial charge in [-0.05, 0) is 43.7 Å². The summed E-state index contributed by atoms with van der Waals surface area (Å²) in [6.07, 6.45) is -2.98. The van der Waals surface area contributed by atoms with Gasteiger partial charge in [-0.1, -0.05) is 41.1 Å². The summed E-state index contributed by atoms with van der Waals surface area (Å²) in [7, 11) is 0. The fourth-order valence-electron chi connectivity index (χ4n) is 2.68. The maximum Gasteiger partial charge on any atom is 0.416 e. The van der Waals surface area contributed by atoms with Crippen molar-refractivity contribution in [3.05, 3.63) is 64.4 Å². The van der Waals surface area contributed by atoms with Gasteiger partial charge in [0.05, 0.1) is 27.7 Å². The Balaban J connectivity index is 1.71. The lowest BCUT2D eigenvalue weighted by Crippen LogP contribution is -2.16. The van der Waals surface area contributed by atoms with Crippen molar-refractivity contribution >= 4 is 35.0 Å². The van der Waals surface area contributed by atoms with Crippen LogP contribution < -0.4 is 5.32 Å². The second-order valence-corrected chi connectivity index (χ2v) is 7.65. The molecule has 1 N–H and O–H groups in total. The zero-order valence-electron chi connectivity index (χ0n) is 15.4. The number of anilines is 1. The van der Waals surface area contributed by atoms with E-state index in [1.807, 2.05) is 32.0 Å². The number of aromatic nitrogens is 3. The topological polar surface area (TPSA) is 59.8 Å². The number of rotatable bonds is 5. The maximum absolute atomic E-state index is 12.9. The molecule has 0 aliphatic carbocycles. The van der Waals surface area contributed by atoms with Crippen molar-refractivity contribution < 1.29 is 18.0 Å². The van der Waals surface area contributed by atoms with Crippen molar-refractivity contribution in [2.75, 3.05) is 11.1 Å². The van der Waals surface area contributed by atoms with Crippen molar-refractivity contribution in [3.63, 3.8) is 0 Å². The smallest absolute Gasteiger partial charge is 0.324 e. The van der Waals surface area contributed by atoms with Gasteiger partial charge in [-0.25, -0.2) is 0 Å². The van der Waals surface area contributed by atoms with Gasteiger partial charge in [0.25, 0.3) is 0 Å². The summed E-state index contributed by atoms with van der Waals surface area (Å²) in [6.45, 7) is 3.95. The van der Waals surface area contributed by atoms with Crippen molar-refractivity contribution in [2.45, 2.75) is 25.2 Å². The first-order chi connectivity index (χ1) is 13.6. The predicted molar refractivity (Wildman–Crippen MR) is 107 cm³/mol. The number of carbonyl (C=O) groups is 1. The molecule has 0 radical (unpaired) electrons. The fourth-order valence-corrected chi connectivity index (χ4v) is 3.56. The molecule has 3 rings (SSSR count). The van der Waals surface area contributed by atoms with Crippen molar-refractivity contribution in [2.24, 2.45) is 0 Å². The molecule has 10 heteroatoms. The number of nitrogens with one attached hydrogen (secondary N) is 1. The summed E-state index contributed by atoms with van der Waals surface area (Å²) in [5.74, 6) is -0.581. The Morgan fingerprint density at radius 1 is 1.21 bits per heavy atom. The molecule has 1 aromatic heterocycles. The van der Waals surface area contributed by atoms with Crippen LogP contribution in [0.15, 0.2) is 47.9 Å². The third-order valence-corrected chi connectivity index (χ3v) is 5.30. The number of carbonyl (C=O) groups excluding carboxylic acids is 1. The number of hydrogen-bond donors (Lipinski definition) is 1. The van der Waals surface area contributed by atoms with E-state index in [9.17, 15) is 18.0 Å². The molecule has 1 amide bonds. The van der Waals surface area contributed by atoms with E-state index in [0.29, 0.717) is 5.16 Å². The van der Waals surface area contributed by atoms with Gasteiger partial charge >= 0.3 is 6.18 Å². The Hall–Kier alpha value is -2.52. The van der Waals surface area contributed by atoms with Crippen molar-refractivity contribution in [1.82, 2.24) is 14.8 Å². The summed E-state index contributed by atoms with van der Waals surface area (Å²) in [4.78, 5) is 12.3. The van der Waals surface area contributed by atoms with Crippen LogP contribution in [0, 0.1) is 13.8 Å². The first-order valence-corrected chi connectivity index (χ1v) is 9.78. The Kier molecular flexibility index (Phi) is 6.18. The van der Waals surface area contributed by atoms with Gasteiger partial charge in [0.1, 0.15) is 6.33 Å². The minimum absolute atomic E-state index is 0.0230. The average molecular weight is 441 g/mol. The van der Waals surface area contributed by atoms with E-state index < -0.39 is 17.6 Å². The van der Waals surface area contributed by atoms with Crippen LogP contribution in [-0.4, -0.2) is 26.4 Å². The van der Waals surface area contributed by atoms with Crippen LogP contribution in [0.4, 0.5) is 18.9 Å². The van der Waals surface area contributed by atoms with Crippen LogP contribution in [0.2, 0.25) is 5.02 Å². The lowest BCUT2D eigenvalue weighted by atomic mass is 10.1. The monoisotopic (exact) mass is 440 g/mol. The summed E-state index contributed by atoms with van der Waals surface area (Å²) < 4.78 is 40.3. The van der Waals surface area contributed by atoms with Gasteiger partial charge < -0.3 is 5.32 Å². The minimum Gasteiger partial charge on any atom is -0.324 e. The quantitative estimate of drug-likeness (QED) is 0.548. The van der Waals surface area contributed by atoms with E-state index in [2.05, 4.69) is 15.5 Å². The highest BCUT2D eigenvalue weighted by atomic mass is 35.5. The molecule has 0 saturated heterocycles. The van der Waals surface area contributed by atoms with E-state index in [1.165, 1.54) is 0 Å². The molecule has 0 saturated carbocycles. The second-order valence-electron chi connectivity index (χ2n) is 6.30. The molecule has 0 fully saturated rings. The average Bonchev–Trinajstić information content (AvgIpc) is 3.09. The molecule has 0 aliphatic rings. The van der Waals surface area contributed by atoms with Gasteiger partial charge in [0.2, 0.25) is 5.91 Å². The van der Waals surface area contributed by atoms with E-state index in [0.717, 1.165) is 46.8 Å². The zero-order chi connectivity index (χ0) is 21.2. The molecule has 152 valence electrons. The molecule has 0 aliphatic heterocycles. The summed E-state index contributed by atoms with van der Waals surface area (Å²) in [5.41, 5.74) is 2.03. The molecule has 0 bridgehead atoms. The van der Waals surface area contributed by atoms with Crippen molar-refractivity contribution in [3.8, 4) is 5.69 Å². The zero-order valence-corrected chi connectivity index (χ0v) is 17.0. The number of alkyl halides is 3. The van der Waals surface area contributed by atoms with Crippen molar-refractivity contribution in [1.29, 1.82) is 0 Å². The maximum atomic E-state index is 12.9. The Labute approximate surface area is 174 Å². The Morgan fingerprint density at radius 2 is 1.97 bits per heavy atom. The van der Waals surface area contributed by atoms with Crippen LogP contribution >= 0.6 is 23.4 Å². The molecule has 29 heavy (non-hydrogen) atoms. The minimum atomic E-state index is -4.53. The summed E-state index contributed by atoms with van der Waals surface area (Å²) in [5, 5.41) is 10.8. The number of hydrogen-bond acceptors (Lipinski definition) is 4. The highest BCUT2D eigenvalue weighted by Crippen LogP contribution is 2.34. The van der Waals surface area contributed by atoms with E-state index in [1.54, 1.807) is 10.9 Å². The van der Waals surface area contributed by atoms with E-state index >= 15 is 0 Å². The van der Waals surface area contributed by atoms with Gasteiger partial charge in [-0.3, -0.25) is 9.36 Å². The van der Waals surface area contributed by atoms with Crippen LogP contribution in [0.3, 0.4) is 0 Å². The van der Waals surface area contributed by atoms with Gasteiger partial charge in [-0.2, -0.15) is 13.2 Å². The van der Waals surface area contributed by atoms with Gasteiger partial charge in [0.15, 0.2) is 5.16 Å². The molecule has 5 nitrogen and oxygen atoms in total. The number of aryl methyl sites for hydroxylation is 2. The molecule has 0 spiro atoms. The SMILES string of the molecule is Cc1ccc(-n2cnnc2SCC(=O)Nc2cc(C(F)(F)F)ccc2Cl)c(C)c1. The standard InChI is InChI=1S/C19H16ClF3N4OS/c1-11-3-6-16(12(2)7-11)27-10-24-26-18(27)29-9-17(28)25-15-8-13(19(21,22)23)4-5-14(15)20/h3-8,10H,9H2,1-2H3,(H,25,28). The van der Waals surface area contributed by atoms with E-state index in [4.69, 9.17) is 11.6 Å². The molecular formula is C19H16ClF3N4OS. The number of benzene rings is 2. The first-order valence-electron chi connectivity index (χ1n) is 8.42. The lowest BCUT2D eigenvalue weighted by molar-refractivity contribution is -0.137. The molecule has 2 aromatic carbocycles. The predicted octanol–water partition coefficient (Wildman–Crippen LogP) is 5.29. The van der Waals surface area contributed by atoms with Crippen LogP contribution in [0.5, 0.6) is 0 Å². The first kappa shape index (κ1) is 21.2. The third-order valence-electron chi connectivity index (χ3n) is 4.03. The lowest BCUT2D eigenvalue weighted by Gasteiger charge is -2.12. The number of halogens is 4. The molecular weight excluding hydrogens is 425 g/mol. The highest BCUT2D eigenvalue weighted by molar-refractivity contribution is 7.99. The van der Waals surface area contributed by atoms with Crippen LogP contribution in [-0.2, 0) is 11.0 Å². The van der Waals surface area contributed by atoms with Crippen LogP contribution in [0.25, 0.3) is 5.69 Å². The van der Waals surface area contributed by atoms with Crippen LogP contribution in [0.1, 0.15) is 16.7 Å². The largest absolute Gasteiger partial charge is 0.416 e. The highest BCUT2D eigenvalue weighted by Gasteiger charge is 2.31. The normalized spacial score (nSPS) is 11.5. The fraction of sp³-hybridized carbons (Fsp3) is 0.211. The molecule has 3 aromatic rings. The number of thioether (sulfide) groups is 1. The third kappa shape index (κ3) is 5.10. The molecule has 0 atom stereocenters. The molecule has 1 heterocycles. The Morgan fingerprint density at radius 3 is 2.66 bits per heavy atom. The number of amides is 1. The Bertz CT molecular complexity index is 1050. The number of nitrogens with zero attached hydrogens (tertiary/aromatic N) is 3.